The summed E-state index contributed by atoms with van der Waals surface area (Å²) < 4.78 is 27.9. The van der Waals surface area contributed by atoms with Gasteiger partial charge in [0.2, 0.25) is 10.0 Å². The molecule has 0 aliphatic carbocycles. The number of aromatic nitrogens is 2. The highest BCUT2D eigenvalue weighted by Crippen LogP contribution is 2.27. The smallest absolute Gasteiger partial charge is 0.243 e. The summed E-state index contributed by atoms with van der Waals surface area (Å²) in [5.74, 6) is 1.67. The van der Waals surface area contributed by atoms with E-state index in [-0.39, 0.29) is 17.5 Å². The van der Waals surface area contributed by atoms with E-state index in [0.29, 0.717) is 18.8 Å². The van der Waals surface area contributed by atoms with Crippen LogP contribution in [0.15, 0.2) is 65.8 Å². The van der Waals surface area contributed by atoms with Gasteiger partial charge in [0.15, 0.2) is 0 Å². The first-order chi connectivity index (χ1) is 17.4. The van der Waals surface area contributed by atoms with Crippen molar-refractivity contribution >= 4 is 21.7 Å². The molecule has 2 fully saturated rings. The van der Waals surface area contributed by atoms with Gasteiger partial charge in [-0.05, 0) is 74.1 Å². The van der Waals surface area contributed by atoms with Crippen molar-refractivity contribution in [2.24, 2.45) is 0 Å². The zero-order valence-corrected chi connectivity index (χ0v) is 21.4. The number of nitrogens with zero attached hydrogens (tertiary/aromatic N) is 4. The van der Waals surface area contributed by atoms with Crippen molar-refractivity contribution in [1.29, 1.82) is 0 Å². The third-order valence-electron chi connectivity index (χ3n) is 7.04. The Bertz CT molecular complexity index is 1260. The largest absolute Gasteiger partial charge is 0.390 e. The van der Waals surface area contributed by atoms with Gasteiger partial charge in [-0.15, -0.1) is 0 Å². The molecule has 0 spiro atoms. The van der Waals surface area contributed by atoms with Crippen molar-refractivity contribution in [3.8, 4) is 11.1 Å². The molecule has 8 nitrogen and oxygen atoms in total. The summed E-state index contributed by atoms with van der Waals surface area (Å²) in [5, 5.41) is 13.9. The molecule has 0 amide bonds. The third-order valence-corrected chi connectivity index (χ3v) is 8.92. The van der Waals surface area contributed by atoms with Crippen LogP contribution in [0.25, 0.3) is 11.1 Å². The van der Waals surface area contributed by atoms with Crippen LogP contribution >= 0.6 is 0 Å². The molecular formula is C27H33N5O3S. The van der Waals surface area contributed by atoms with Crippen LogP contribution in [0.1, 0.15) is 31.2 Å². The Morgan fingerprint density at radius 1 is 0.889 bits per heavy atom. The SMILES string of the molecule is Cc1ccc(N[C@@H]2CCN(S(=O)(=O)c3ccc(-c4ccc(N5CCCCC5)nc4)cc3)C[C@@H]2O)nc1. The Labute approximate surface area is 213 Å². The molecule has 0 saturated carbocycles. The van der Waals surface area contributed by atoms with Crippen molar-refractivity contribution in [2.75, 3.05) is 36.4 Å². The van der Waals surface area contributed by atoms with Gasteiger partial charge in [-0.2, -0.15) is 4.31 Å². The van der Waals surface area contributed by atoms with Crippen LogP contribution in [-0.4, -0.2) is 66.1 Å². The lowest BCUT2D eigenvalue weighted by molar-refractivity contribution is 0.0949. The molecule has 2 aliphatic heterocycles. The summed E-state index contributed by atoms with van der Waals surface area (Å²) in [6.07, 6.45) is 6.96. The number of nitrogens with one attached hydrogen (secondary N) is 1. The molecule has 5 rings (SSSR count). The molecule has 2 atom stereocenters. The quantitative estimate of drug-likeness (QED) is 0.525. The van der Waals surface area contributed by atoms with E-state index >= 15 is 0 Å². The van der Waals surface area contributed by atoms with Crippen LogP contribution < -0.4 is 10.2 Å². The first-order valence-corrected chi connectivity index (χ1v) is 14.0. The van der Waals surface area contributed by atoms with E-state index in [1.807, 2.05) is 49.5 Å². The van der Waals surface area contributed by atoms with Crippen LogP contribution in [0.3, 0.4) is 0 Å². The number of aryl methyl sites for hydroxylation is 1. The molecule has 0 unspecified atom stereocenters. The van der Waals surface area contributed by atoms with Gasteiger partial charge >= 0.3 is 0 Å². The van der Waals surface area contributed by atoms with Gasteiger partial charge in [-0.1, -0.05) is 18.2 Å². The summed E-state index contributed by atoms with van der Waals surface area (Å²) in [6, 6.07) is 14.5. The highest BCUT2D eigenvalue weighted by atomic mass is 32.2. The highest BCUT2D eigenvalue weighted by molar-refractivity contribution is 7.89. The van der Waals surface area contributed by atoms with E-state index in [2.05, 4.69) is 20.2 Å². The maximum absolute atomic E-state index is 13.3. The molecule has 2 aliphatic rings. The Hall–Kier alpha value is -3.01. The Morgan fingerprint density at radius 3 is 2.28 bits per heavy atom. The van der Waals surface area contributed by atoms with Gasteiger partial charge in [0.05, 0.1) is 17.0 Å². The minimum absolute atomic E-state index is 0.0372. The molecule has 0 bridgehead atoms. The number of hydrogen-bond donors (Lipinski definition) is 2. The second-order valence-electron chi connectivity index (χ2n) is 9.67. The van der Waals surface area contributed by atoms with E-state index in [4.69, 9.17) is 0 Å². The number of sulfonamides is 1. The minimum atomic E-state index is -3.71. The van der Waals surface area contributed by atoms with Crippen LogP contribution in [0, 0.1) is 6.92 Å². The zero-order valence-electron chi connectivity index (χ0n) is 20.5. The van der Waals surface area contributed by atoms with Crippen LogP contribution in [-0.2, 0) is 10.0 Å². The second kappa shape index (κ2) is 10.5. The molecule has 190 valence electrons. The highest BCUT2D eigenvalue weighted by Gasteiger charge is 2.34. The fraction of sp³-hybridized carbons (Fsp3) is 0.407. The first-order valence-electron chi connectivity index (χ1n) is 12.6. The predicted octanol–water partition coefficient (Wildman–Crippen LogP) is 3.68. The number of piperidine rings is 2. The number of aliphatic hydroxyl groups excluding tert-OH is 1. The van der Waals surface area contributed by atoms with E-state index in [9.17, 15) is 13.5 Å². The summed E-state index contributed by atoms with van der Waals surface area (Å²) in [5.41, 5.74) is 2.92. The van der Waals surface area contributed by atoms with Crippen molar-refractivity contribution in [3.63, 3.8) is 0 Å². The zero-order chi connectivity index (χ0) is 25.1. The average molecular weight is 508 g/mol. The normalized spacial score (nSPS) is 21.3. The molecule has 1 aromatic carbocycles. The van der Waals surface area contributed by atoms with Gasteiger partial charge in [-0.3, -0.25) is 0 Å². The molecule has 2 N–H and O–H groups in total. The monoisotopic (exact) mass is 507 g/mol. The molecule has 2 saturated heterocycles. The number of hydrogen-bond acceptors (Lipinski definition) is 7. The van der Waals surface area contributed by atoms with Crippen LogP contribution in [0.5, 0.6) is 0 Å². The summed E-state index contributed by atoms with van der Waals surface area (Å²) in [7, 11) is -3.71. The topological polar surface area (TPSA) is 98.7 Å². The molecule has 9 heteroatoms. The van der Waals surface area contributed by atoms with E-state index < -0.39 is 16.1 Å². The number of benzene rings is 1. The molecule has 3 aromatic rings. The van der Waals surface area contributed by atoms with E-state index in [1.54, 1.807) is 18.3 Å². The Morgan fingerprint density at radius 2 is 1.64 bits per heavy atom. The maximum Gasteiger partial charge on any atom is 0.243 e. The second-order valence-corrected chi connectivity index (χ2v) is 11.6. The van der Waals surface area contributed by atoms with Crippen molar-refractivity contribution in [2.45, 2.75) is 49.6 Å². The van der Waals surface area contributed by atoms with E-state index in [0.717, 1.165) is 35.6 Å². The molecule has 4 heterocycles. The van der Waals surface area contributed by atoms with Gasteiger partial charge < -0.3 is 15.3 Å². The third kappa shape index (κ3) is 5.38. The van der Waals surface area contributed by atoms with Crippen LogP contribution in [0.2, 0.25) is 0 Å². The fourth-order valence-corrected chi connectivity index (χ4v) is 6.34. The lowest BCUT2D eigenvalue weighted by Crippen LogP contribution is -2.51. The molecule has 2 aromatic heterocycles. The molecule has 36 heavy (non-hydrogen) atoms. The maximum atomic E-state index is 13.3. The van der Waals surface area contributed by atoms with Gasteiger partial charge in [0.25, 0.3) is 0 Å². The van der Waals surface area contributed by atoms with E-state index in [1.165, 1.54) is 23.6 Å². The van der Waals surface area contributed by atoms with Crippen molar-refractivity contribution < 1.29 is 13.5 Å². The Balaban J connectivity index is 1.23. The van der Waals surface area contributed by atoms with Crippen molar-refractivity contribution in [1.82, 2.24) is 14.3 Å². The van der Waals surface area contributed by atoms with Crippen LogP contribution in [0.4, 0.5) is 11.6 Å². The lowest BCUT2D eigenvalue weighted by Gasteiger charge is -2.35. The predicted molar refractivity (Wildman–Crippen MR) is 142 cm³/mol. The first kappa shape index (κ1) is 24.7. The number of aliphatic hydroxyl groups is 1. The number of β-amino-alcohol motifs (C(OH)–C–C–N with tert-alkyl or cyclic N) is 1. The lowest BCUT2D eigenvalue weighted by atomic mass is 10.0. The molecular weight excluding hydrogens is 474 g/mol. The van der Waals surface area contributed by atoms with Crippen molar-refractivity contribution in [3.05, 3.63) is 66.5 Å². The summed E-state index contributed by atoms with van der Waals surface area (Å²) in [4.78, 5) is 11.5. The van der Waals surface area contributed by atoms with Gasteiger partial charge in [0, 0.05) is 44.1 Å². The number of rotatable bonds is 6. The minimum Gasteiger partial charge on any atom is -0.390 e. The average Bonchev–Trinajstić information content (AvgIpc) is 2.92. The van der Waals surface area contributed by atoms with Gasteiger partial charge in [0.1, 0.15) is 11.6 Å². The fourth-order valence-electron chi connectivity index (χ4n) is 4.87. The Kier molecular flexibility index (Phi) is 7.22. The molecule has 0 radical (unpaired) electrons. The van der Waals surface area contributed by atoms with Gasteiger partial charge in [-0.25, -0.2) is 18.4 Å². The number of anilines is 2. The number of pyridine rings is 2. The standard InChI is InChI=1S/C27H33N5O3S/c1-20-5-11-26(28-17-20)30-24-13-16-32(19-25(24)33)36(34,35)23-9-6-21(7-10-23)22-8-12-27(29-18-22)31-14-3-2-4-15-31/h5-12,17-18,24-25,33H,2-4,13-16,19H2,1H3,(H,28,30)/t24-,25+/m1/s1. The summed E-state index contributed by atoms with van der Waals surface area (Å²) >= 11 is 0. The summed E-state index contributed by atoms with van der Waals surface area (Å²) in [6.45, 7) is 4.42.